The summed E-state index contributed by atoms with van der Waals surface area (Å²) in [6, 6.07) is 9.99. The van der Waals surface area contributed by atoms with Crippen LogP contribution in [0.1, 0.15) is 24.1 Å². The van der Waals surface area contributed by atoms with E-state index < -0.39 is 0 Å². The largest absolute Gasteiger partial charge is 0.497 e. The highest BCUT2D eigenvalue weighted by Gasteiger charge is 2.09. The quantitative estimate of drug-likeness (QED) is 0.876. The van der Waals surface area contributed by atoms with E-state index in [2.05, 4.69) is 15.9 Å². The Kier molecular flexibility index (Phi) is 5.20. The van der Waals surface area contributed by atoms with Crippen molar-refractivity contribution in [1.29, 1.82) is 0 Å². The standard InChI is InChI=1S/C16H17BrFNO2/c1-10(19)14-5-3-13(8-16(14)18)21-9-11-7-12(20-2)4-6-15(11)17/h3-8,10H,9,19H2,1-2H3/t10-/m0/s1. The normalized spacial score (nSPS) is 12.0. The molecule has 2 N–H and O–H groups in total. The lowest BCUT2D eigenvalue weighted by Crippen LogP contribution is -2.07. The van der Waals surface area contributed by atoms with E-state index in [-0.39, 0.29) is 11.9 Å². The van der Waals surface area contributed by atoms with Crippen molar-refractivity contribution >= 4 is 15.9 Å². The highest BCUT2D eigenvalue weighted by Crippen LogP contribution is 2.25. The minimum Gasteiger partial charge on any atom is -0.497 e. The second-order valence-electron chi connectivity index (χ2n) is 4.72. The third-order valence-corrected chi connectivity index (χ3v) is 3.88. The van der Waals surface area contributed by atoms with E-state index in [1.807, 2.05) is 18.2 Å². The van der Waals surface area contributed by atoms with Crippen molar-refractivity contribution in [2.24, 2.45) is 5.73 Å². The first-order valence-corrected chi connectivity index (χ1v) is 7.31. The molecular weight excluding hydrogens is 337 g/mol. The molecule has 2 rings (SSSR count). The Labute approximate surface area is 132 Å². The van der Waals surface area contributed by atoms with Crippen molar-refractivity contribution in [3.63, 3.8) is 0 Å². The number of hydrogen-bond donors (Lipinski definition) is 1. The summed E-state index contributed by atoms with van der Waals surface area (Å²) < 4.78 is 25.5. The maximum absolute atomic E-state index is 13.8. The van der Waals surface area contributed by atoms with Gasteiger partial charge in [-0.1, -0.05) is 22.0 Å². The first-order valence-electron chi connectivity index (χ1n) is 6.51. The molecule has 0 amide bonds. The summed E-state index contributed by atoms with van der Waals surface area (Å²) in [6.45, 7) is 2.06. The Morgan fingerprint density at radius 3 is 2.52 bits per heavy atom. The van der Waals surface area contributed by atoms with Gasteiger partial charge in [-0.05, 0) is 31.2 Å². The van der Waals surface area contributed by atoms with Gasteiger partial charge in [0.05, 0.1) is 7.11 Å². The maximum atomic E-state index is 13.8. The van der Waals surface area contributed by atoms with Gasteiger partial charge >= 0.3 is 0 Å². The summed E-state index contributed by atoms with van der Waals surface area (Å²) in [4.78, 5) is 0. The predicted molar refractivity (Wildman–Crippen MR) is 84.0 cm³/mol. The Bertz CT molecular complexity index is 632. The van der Waals surface area contributed by atoms with Crippen molar-refractivity contribution in [3.8, 4) is 11.5 Å². The fourth-order valence-corrected chi connectivity index (χ4v) is 2.28. The summed E-state index contributed by atoms with van der Waals surface area (Å²) in [6.07, 6.45) is 0. The summed E-state index contributed by atoms with van der Waals surface area (Å²) in [5, 5.41) is 0. The summed E-state index contributed by atoms with van der Waals surface area (Å²) in [7, 11) is 1.61. The van der Waals surface area contributed by atoms with Gasteiger partial charge in [-0.2, -0.15) is 0 Å². The number of ether oxygens (including phenoxy) is 2. The lowest BCUT2D eigenvalue weighted by atomic mass is 10.1. The molecule has 0 unspecified atom stereocenters. The molecular formula is C16H17BrFNO2. The molecule has 3 nitrogen and oxygen atoms in total. The van der Waals surface area contributed by atoms with Gasteiger partial charge < -0.3 is 15.2 Å². The number of benzene rings is 2. The van der Waals surface area contributed by atoms with Gasteiger partial charge in [-0.15, -0.1) is 0 Å². The first-order chi connectivity index (χ1) is 10.0. The van der Waals surface area contributed by atoms with Gasteiger partial charge in [-0.25, -0.2) is 4.39 Å². The lowest BCUT2D eigenvalue weighted by molar-refractivity contribution is 0.302. The van der Waals surface area contributed by atoms with Crippen LogP contribution < -0.4 is 15.2 Å². The van der Waals surface area contributed by atoms with Crippen LogP contribution in [0.3, 0.4) is 0 Å². The minimum atomic E-state index is -0.354. The molecule has 2 aromatic carbocycles. The number of rotatable bonds is 5. The van der Waals surface area contributed by atoms with Crippen LogP contribution in [-0.2, 0) is 6.61 Å². The molecule has 0 saturated heterocycles. The molecule has 2 aromatic rings. The Hall–Kier alpha value is -1.59. The molecule has 0 bridgehead atoms. The number of halogens is 2. The van der Waals surface area contributed by atoms with Gasteiger partial charge in [0.2, 0.25) is 0 Å². The Morgan fingerprint density at radius 1 is 1.19 bits per heavy atom. The zero-order valence-electron chi connectivity index (χ0n) is 11.9. The molecule has 0 fully saturated rings. The molecule has 0 saturated carbocycles. The van der Waals surface area contributed by atoms with E-state index in [4.69, 9.17) is 15.2 Å². The van der Waals surface area contributed by atoms with Crippen molar-refractivity contribution in [2.45, 2.75) is 19.6 Å². The van der Waals surface area contributed by atoms with Crippen LogP contribution in [0.15, 0.2) is 40.9 Å². The summed E-state index contributed by atoms with van der Waals surface area (Å²) in [5.74, 6) is 0.856. The Morgan fingerprint density at radius 2 is 1.90 bits per heavy atom. The number of methoxy groups -OCH3 is 1. The molecule has 0 aliphatic heterocycles. The minimum absolute atomic E-state index is 0.314. The van der Waals surface area contributed by atoms with Crippen molar-refractivity contribution in [3.05, 3.63) is 57.8 Å². The second kappa shape index (κ2) is 6.91. The zero-order valence-corrected chi connectivity index (χ0v) is 13.5. The van der Waals surface area contributed by atoms with Gasteiger partial charge in [-0.3, -0.25) is 0 Å². The second-order valence-corrected chi connectivity index (χ2v) is 5.57. The number of nitrogens with two attached hydrogens (primary N) is 1. The van der Waals surface area contributed by atoms with Gasteiger partial charge in [0.25, 0.3) is 0 Å². The highest BCUT2D eigenvalue weighted by molar-refractivity contribution is 9.10. The highest BCUT2D eigenvalue weighted by atomic mass is 79.9. The smallest absolute Gasteiger partial charge is 0.131 e. The lowest BCUT2D eigenvalue weighted by Gasteiger charge is -2.12. The number of hydrogen-bond acceptors (Lipinski definition) is 3. The maximum Gasteiger partial charge on any atom is 0.131 e. The summed E-state index contributed by atoms with van der Waals surface area (Å²) in [5.41, 5.74) is 7.08. The third-order valence-electron chi connectivity index (χ3n) is 3.11. The van der Waals surface area contributed by atoms with Crippen LogP contribution in [0.4, 0.5) is 4.39 Å². The van der Waals surface area contributed by atoms with E-state index in [0.29, 0.717) is 17.9 Å². The fraction of sp³-hybridized carbons (Fsp3) is 0.250. The van der Waals surface area contributed by atoms with Gasteiger partial charge in [0.15, 0.2) is 0 Å². The third kappa shape index (κ3) is 3.95. The molecule has 0 aliphatic carbocycles. The van der Waals surface area contributed by atoms with Crippen molar-refractivity contribution < 1.29 is 13.9 Å². The van der Waals surface area contributed by atoms with E-state index in [9.17, 15) is 4.39 Å². The van der Waals surface area contributed by atoms with Crippen LogP contribution in [0.25, 0.3) is 0 Å². The summed E-state index contributed by atoms with van der Waals surface area (Å²) >= 11 is 3.45. The van der Waals surface area contributed by atoms with Gasteiger partial charge in [0, 0.05) is 27.7 Å². The Balaban J connectivity index is 2.11. The molecule has 1 atom stereocenters. The SMILES string of the molecule is COc1ccc(Br)c(COc2ccc([C@H](C)N)c(F)c2)c1. The zero-order chi connectivity index (χ0) is 15.4. The molecule has 21 heavy (non-hydrogen) atoms. The molecule has 0 heterocycles. The van der Waals surface area contributed by atoms with Crippen molar-refractivity contribution in [1.82, 2.24) is 0 Å². The molecule has 0 aromatic heterocycles. The molecule has 112 valence electrons. The first kappa shape index (κ1) is 15.8. The average Bonchev–Trinajstić information content (AvgIpc) is 2.46. The predicted octanol–water partition coefficient (Wildman–Crippen LogP) is 4.20. The molecule has 0 radical (unpaired) electrons. The fourth-order valence-electron chi connectivity index (χ4n) is 1.92. The van der Waals surface area contributed by atoms with Crippen molar-refractivity contribution in [2.75, 3.05) is 7.11 Å². The van der Waals surface area contributed by atoms with E-state index in [1.54, 1.807) is 26.2 Å². The van der Waals surface area contributed by atoms with E-state index in [0.717, 1.165) is 15.8 Å². The van der Waals surface area contributed by atoms with Crippen LogP contribution in [-0.4, -0.2) is 7.11 Å². The van der Waals surface area contributed by atoms with E-state index >= 15 is 0 Å². The van der Waals surface area contributed by atoms with E-state index in [1.165, 1.54) is 6.07 Å². The van der Waals surface area contributed by atoms with Crippen LogP contribution in [0, 0.1) is 5.82 Å². The van der Waals surface area contributed by atoms with Crippen LogP contribution in [0.2, 0.25) is 0 Å². The molecule has 5 heteroatoms. The monoisotopic (exact) mass is 353 g/mol. The molecule has 0 spiro atoms. The van der Waals surface area contributed by atoms with Gasteiger partial charge in [0.1, 0.15) is 23.9 Å². The van der Waals surface area contributed by atoms with Crippen LogP contribution in [0.5, 0.6) is 11.5 Å². The topological polar surface area (TPSA) is 44.5 Å². The average molecular weight is 354 g/mol. The van der Waals surface area contributed by atoms with Crippen LogP contribution >= 0.6 is 15.9 Å². The molecule has 0 aliphatic rings.